The number of primary amides is 1. The summed E-state index contributed by atoms with van der Waals surface area (Å²) in [5.74, 6) is -3.47. The van der Waals surface area contributed by atoms with Crippen LogP contribution in [-0.2, 0) is 14.8 Å². The molecule has 12 heteroatoms. The molecule has 1 amide bonds. The van der Waals surface area contributed by atoms with Gasteiger partial charge < -0.3 is 16.2 Å². The number of hydroxylamine groups is 1. The standard InChI is InChI=1S/C20H24F2N4O5S/c1-31-18(11-7-14(20(24)27)19(23)25-10-11)13-8-17(16(22)9-15(13)21)32(29,30)26(28)12-5-3-2-4-6-12/h7-10,12,18,28H,2-6H2,1H3,(H2,23,25)(H2,24,27). The van der Waals surface area contributed by atoms with E-state index in [9.17, 15) is 27.2 Å². The van der Waals surface area contributed by atoms with Crippen molar-refractivity contribution in [2.75, 3.05) is 12.8 Å². The predicted molar refractivity (Wildman–Crippen MR) is 110 cm³/mol. The lowest BCUT2D eigenvalue weighted by Gasteiger charge is -2.28. The first kappa shape index (κ1) is 24.0. The van der Waals surface area contributed by atoms with Crippen molar-refractivity contribution in [1.29, 1.82) is 0 Å². The van der Waals surface area contributed by atoms with Gasteiger partial charge in [-0.05, 0) is 25.0 Å². The van der Waals surface area contributed by atoms with Gasteiger partial charge in [-0.2, -0.15) is 0 Å². The summed E-state index contributed by atoms with van der Waals surface area (Å²) in [4.78, 5) is 14.5. The molecule has 1 aliphatic rings. The van der Waals surface area contributed by atoms with Gasteiger partial charge in [0.1, 0.15) is 28.5 Å². The number of aromatic nitrogens is 1. The minimum absolute atomic E-state index is 0.137. The number of carbonyl (C=O) groups is 1. The third kappa shape index (κ3) is 4.58. The van der Waals surface area contributed by atoms with Crippen molar-refractivity contribution >= 4 is 21.7 Å². The van der Waals surface area contributed by atoms with E-state index < -0.39 is 44.6 Å². The third-order valence-electron chi connectivity index (χ3n) is 5.49. The van der Waals surface area contributed by atoms with Gasteiger partial charge >= 0.3 is 0 Å². The molecule has 174 valence electrons. The van der Waals surface area contributed by atoms with Gasteiger partial charge in [0, 0.05) is 30.5 Å². The fourth-order valence-corrected chi connectivity index (χ4v) is 5.20. The molecule has 9 nitrogen and oxygen atoms in total. The minimum Gasteiger partial charge on any atom is -0.383 e. The van der Waals surface area contributed by atoms with Crippen LogP contribution >= 0.6 is 0 Å². The van der Waals surface area contributed by atoms with Crippen LogP contribution in [-0.4, -0.2) is 42.1 Å². The number of anilines is 1. The topological polar surface area (TPSA) is 149 Å². The number of nitrogen functional groups attached to an aromatic ring is 1. The van der Waals surface area contributed by atoms with Gasteiger partial charge in [-0.3, -0.25) is 10.0 Å². The fraction of sp³-hybridized carbons (Fsp3) is 0.400. The molecule has 0 saturated heterocycles. The number of amides is 1. The Hall–Kier alpha value is -2.67. The second-order valence-corrected chi connectivity index (χ2v) is 9.32. The maximum Gasteiger partial charge on any atom is 0.267 e. The van der Waals surface area contributed by atoms with Gasteiger partial charge in [0.15, 0.2) is 0 Å². The van der Waals surface area contributed by atoms with Crippen LogP contribution < -0.4 is 11.5 Å². The van der Waals surface area contributed by atoms with Crippen molar-refractivity contribution in [3.05, 3.63) is 52.7 Å². The molecule has 0 bridgehead atoms. The Bertz CT molecular complexity index is 1120. The lowest BCUT2D eigenvalue weighted by Crippen LogP contribution is -2.39. The Morgan fingerprint density at radius 3 is 2.47 bits per heavy atom. The summed E-state index contributed by atoms with van der Waals surface area (Å²) >= 11 is 0. The number of pyridine rings is 1. The molecule has 32 heavy (non-hydrogen) atoms. The van der Waals surface area contributed by atoms with Crippen LogP contribution in [0.1, 0.15) is 59.7 Å². The number of nitrogens with zero attached hydrogens (tertiary/aromatic N) is 2. The highest BCUT2D eigenvalue weighted by atomic mass is 32.2. The van der Waals surface area contributed by atoms with Crippen molar-refractivity contribution < 1.29 is 31.9 Å². The van der Waals surface area contributed by atoms with Crippen LogP contribution in [0.15, 0.2) is 29.3 Å². The van der Waals surface area contributed by atoms with Gasteiger partial charge in [0.2, 0.25) is 0 Å². The van der Waals surface area contributed by atoms with Gasteiger partial charge in [0.05, 0.1) is 11.6 Å². The molecule has 1 atom stereocenters. The highest BCUT2D eigenvalue weighted by Crippen LogP contribution is 2.33. The molecule has 0 radical (unpaired) electrons. The zero-order valence-corrected chi connectivity index (χ0v) is 18.1. The first-order valence-corrected chi connectivity index (χ1v) is 11.3. The lowest BCUT2D eigenvalue weighted by molar-refractivity contribution is -0.0469. The molecule has 1 aromatic carbocycles. The van der Waals surface area contributed by atoms with Crippen LogP contribution in [0.25, 0.3) is 0 Å². The van der Waals surface area contributed by atoms with Gasteiger partial charge in [-0.15, -0.1) is 0 Å². The number of benzene rings is 1. The Morgan fingerprint density at radius 1 is 1.22 bits per heavy atom. The second-order valence-electron chi connectivity index (χ2n) is 7.56. The van der Waals surface area contributed by atoms with Crippen LogP contribution in [0.4, 0.5) is 14.6 Å². The number of carbonyl (C=O) groups excluding carboxylic acids is 1. The zero-order valence-electron chi connectivity index (χ0n) is 17.3. The van der Waals surface area contributed by atoms with E-state index in [1.165, 1.54) is 19.4 Å². The molecule has 1 aliphatic carbocycles. The highest BCUT2D eigenvalue weighted by Gasteiger charge is 2.35. The van der Waals surface area contributed by atoms with Crippen LogP contribution in [0, 0.1) is 11.6 Å². The van der Waals surface area contributed by atoms with Gasteiger partial charge in [0.25, 0.3) is 15.9 Å². The Morgan fingerprint density at radius 2 is 1.88 bits per heavy atom. The number of halogens is 2. The third-order valence-corrected chi connectivity index (χ3v) is 7.15. The highest BCUT2D eigenvalue weighted by molar-refractivity contribution is 7.89. The number of methoxy groups -OCH3 is 1. The number of hydrogen-bond donors (Lipinski definition) is 3. The summed E-state index contributed by atoms with van der Waals surface area (Å²) < 4.78 is 60.6. The maximum absolute atomic E-state index is 14.7. The van der Waals surface area contributed by atoms with Crippen LogP contribution in [0.3, 0.4) is 0 Å². The van der Waals surface area contributed by atoms with Crippen molar-refractivity contribution in [3.8, 4) is 0 Å². The summed E-state index contributed by atoms with van der Waals surface area (Å²) in [6.07, 6.45) is 3.17. The summed E-state index contributed by atoms with van der Waals surface area (Å²) in [5, 5.41) is 10.4. The average molecular weight is 470 g/mol. The molecule has 5 N–H and O–H groups in total. The predicted octanol–water partition coefficient (Wildman–Crippen LogP) is 2.49. The molecule has 1 saturated carbocycles. The first-order chi connectivity index (χ1) is 15.1. The van der Waals surface area contributed by atoms with Crippen molar-refractivity contribution in [1.82, 2.24) is 9.45 Å². The lowest BCUT2D eigenvalue weighted by atomic mass is 9.96. The summed E-state index contributed by atoms with van der Waals surface area (Å²) in [7, 11) is -3.47. The summed E-state index contributed by atoms with van der Waals surface area (Å²) in [6, 6.07) is 1.71. The van der Waals surface area contributed by atoms with E-state index in [2.05, 4.69) is 4.98 Å². The molecule has 2 aromatic rings. The Kier molecular flexibility index (Phi) is 7.08. The van der Waals surface area contributed by atoms with E-state index in [0.717, 1.165) is 25.3 Å². The van der Waals surface area contributed by atoms with Crippen molar-refractivity contribution in [2.24, 2.45) is 5.73 Å². The smallest absolute Gasteiger partial charge is 0.267 e. The average Bonchev–Trinajstić information content (AvgIpc) is 2.76. The molecular weight excluding hydrogens is 446 g/mol. The number of sulfonamides is 1. The minimum atomic E-state index is -4.68. The van der Waals surface area contributed by atoms with E-state index in [-0.39, 0.29) is 27.0 Å². The van der Waals surface area contributed by atoms with Gasteiger partial charge in [-0.1, -0.05) is 23.7 Å². The van der Waals surface area contributed by atoms with Gasteiger partial charge in [-0.25, -0.2) is 22.2 Å². The molecule has 3 rings (SSSR count). The molecule has 1 heterocycles. The quantitative estimate of drug-likeness (QED) is 0.526. The van der Waals surface area contributed by atoms with E-state index in [0.29, 0.717) is 18.9 Å². The van der Waals surface area contributed by atoms with Crippen LogP contribution in [0.2, 0.25) is 0 Å². The molecule has 1 aromatic heterocycles. The van der Waals surface area contributed by atoms with E-state index in [1.807, 2.05) is 0 Å². The largest absolute Gasteiger partial charge is 0.383 e. The van der Waals surface area contributed by atoms with E-state index in [4.69, 9.17) is 16.2 Å². The molecule has 0 aliphatic heterocycles. The number of rotatable bonds is 7. The molecule has 1 unspecified atom stereocenters. The number of ether oxygens (including phenoxy) is 1. The van der Waals surface area contributed by atoms with Crippen molar-refractivity contribution in [2.45, 2.75) is 49.1 Å². The van der Waals surface area contributed by atoms with Crippen LogP contribution in [0.5, 0.6) is 0 Å². The molecule has 0 spiro atoms. The Balaban J connectivity index is 2.07. The number of hydrogen-bond acceptors (Lipinski definition) is 7. The Labute approximate surface area is 184 Å². The SMILES string of the molecule is COC(c1cnc(N)c(C(N)=O)c1)c1cc(S(=O)(=O)N(O)C2CCCCC2)c(F)cc1F. The maximum atomic E-state index is 14.7. The molecule has 1 fully saturated rings. The second kappa shape index (κ2) is 9.45. The van der Waals surface area contributed by atoms with Crippen molar-refractivity contribution in [3.63, 3.8) is 0 Å². The monoisotopic (exact) mass is 470 g/mol. The van der Waals surface area contributed by atoms with E-state index >= 15 is 0 Å². The summed E-state index contributed by atoms with van der Waals surface area (Å²) in [6.45, 7) is 0. The zero-order chi connectivity index (χ0) is 23.6. The molecular formula is C20H24F2N4O5S. The summed E-state index contributed by atoms with van der Waals surface area (Å²) in [5.41, 5.74) is 10.5. The fourth-order valence-electron chi connectivity index (χ4n) is 3.82. The normalized spacial score (nSPS) is 16.3. The number of nitrogens with two attached hydrogens (primary N) is 2. The van der Waals surface area contributed by atoms with E-state index in [1.54, 1.807) is 0 Å². The first-order valence-electron chi connectivity index (χ1n) is 9.88.